The zero-order valence-electron chi connectivity index (χ0n) is 28.3. The largest absolute Gasteiger partial charge is 0.493 e. The Morgan fingerprint density at radius 3 is 2.56 bits per heavy atom. The number of rotatable bonds is 2. The predicted octanol–water partition coefficient (Wildman–Crippen LogP) is 9.32. The van der Waals surface area contributed by atoms with Gasteiger partial charge in [0.25, 0.3) is 0 Å². The monoisotopic (exact) mass is 697 g/mol. The average Bonchev–Trinajstić information content (AvgIpc) is 3.66. The number of ketones is 1. The van der Waals surface area contributed by atoms with Crippen molar-refractivity contribution in [1.82, 2.24) is 24.1 Å². The Morgan fingerprint density at radius 2 is 1.75 bits per heavy atom. The first kappa shape index (κ1) is 32.9. The minimum atomic E-state index is -0.147. The van der Waals surface area contributed by atoms with Crippen LogP contribution in [0.2, 0.25) is 5.02 Å². The van der Waals surface area contributed by atoms with E-state index in [0.29, 0.717) is 18.1 Å². The van der Waals surface area contributed by atoms with Crippen LogP contribution in [0.1, 0.15) is 59.1 Å². The summed E-state index contributed by atoms with van der Waals surface area (Å²) in [7, 11) is 6.03. The van der Waals surface area contributed by atoms with Crippen molar-refractivity contribution in [2.24, 2.45) is 27.1 Å². The highest BCUT2D eigenvalue weighted by molar-refractivity contribution is 7.98. The first-order valence-corrected chi connectivity index (χ1v) is 18.9. The molecular weight excluding hydrogens is 658 g/mol. The van der Waals surface area contributed by atoms with E-state index in [1.54, 1.807) is 11.8 Å². The zero-order valence-corrected chi connectivity index (χ0v) is 30.7. The molecule has 0 fully saturated rings. The van der Waals surface area contributed by atoms with Crippen LogP contribution in [0.4, 0.5) is 0 Å². The number of nitrogens with zero attached hydrogens (tertiary/aromatic N) is 5. The molecule has 7 rings (SSSR count). The number of hydrogen-bond donors (Lipinski definition) is 0. The number of carbonyl (C=O) groups excluding carboxylic acids is 1. The average molecular weight is 698 g/mol. The molecule has 7 nitrogen and oxygen atoms in total. The maximum absolute atomic E-state index is 13.9. The molecule has 0 unspecified atom stereocenters. The first-order chi connectivity index (χ1) is 23.1. The highest BCUT2D eigenvalue weighted by Crippen LogP contribution is 2.43. The summed E-state index contributed by atoms with van der Waals surface area (Å²) in [6.07, 6.45) is 1.46. The van der Waals surface area contributed by atoms with Crippen LogP contribution < -0.4 is 4.74 Å². The number of benzene rings is 3. The molecule has 0 atom stereocenters. The Balaban J connectivity index is 1.38. The Bertz CT molecular complexity index is 2190. The molecule has 4 heterocycles. The molecule has 0 saturated carbocycles. The molecule has 3 aromatic heterocycles. The van der Waals surface area contributed by atoms with Crippen LogP contribution >= 0.6 is 35.1 Å². The third-order valence-electron chi connectivity index (χ3n) is 9.29. The molecule has 0 N–H and O–H groups in total. The summed E-state index contributed by atoms with van der Waals surface area (Å²) in [4.78, 5) is 15.0. The highest BCUT2D eigenvalue weighted by Gasteiger charge is 2.28. The normalized spacial score (nSPS) is 14.3. The van der Waals surface area contributed by atoms with E-state index in [9.17, 15) is 4.79 Å². The lowest BCUT2D eigenvalue weighted by atomic mass is 9.96. The molecular formula is C38H40ClN5O2S2. The lowest BCUT2D eigenvalue weighted by Crippen LogP contribution is -2.15. The molecule has 0 aliphatic carbocycles. The van der Waals surface area contributed by atoms with E-state index in [1.165, 1.54) is 5.69 Å². The smallest absolute Gasteiger partial charge is 0.182 e. The summed E-state index contributed by atoms with van der Waals surface area (Å²) in [5.41, 5.74) is 8.99. The number of carbonyl (C=O) groups is 1. The van der Waals surface area contributed by atoms with Crippen LogP contribution in [0.25, 0.3) is 32.8 Å². The number of thioether (sulfide) groups is 2. The SMILES string of the molecule is Cc1nn(C)c2c1-c1c(Cl)ccc3c(c(C(=O)C(C)C)n(C)c13)CCCOc1cc(cc3ccccc13)SCc1cc(nn1C)CSC2. The molecule has 48 heavy (non-hydrogen) atoms. The van der Waals surface area contributed by atoms with Gasteiger partial charge in [-0.25, -0.2) is 0 Å². The molecule has 1 aliphatic heterocycles. The molecule has 8 bridgehead atoms. The van der Waals surface area contributed by atoms with Crippen molar-refractivity contribution in [3.63, 3.8) is 0 Å². The Morgan fingerprint density at radius 1 is 0.938 bits per heavy atom. The van der Waals surface area contributed by atoms with E-state index < -0.39 is 0 Å². The Kier molecular flexibility index (Phi) is 9.13. The van der Waals surface area contributed by atoms with E-state index in [-0.39, 0.29) is 11.7 Å². The van der Waals surface area contributed by atoms with Gasteiger partial charge in [-0.2, -0.15) is 10.2 Å². The molecule has 10 heteroatoms. The van der Waals surface area contributed by atoms with E-state index >= 15 is 0 Å². The van der Waals surface area contributed by atoms with Gasteiger partial charge in [-0.05, 0) is 55.0 Å². The van der Waals surface area contributed by atoms with Crippen molar-refractivity contribution in [1.29, 1.82) is 0 Å². The van der Waals surface area contributed by atoms with Crippen molar-refractivity contribution in [3.05, 3.63) is 93.7 Å². The first-order valence-electron chi connectivity index (χ1n) is 16.4. The summed E-state index contributed by atoms with van der Waals surface area (Å²) in [5.74, 6) is 3.19. The summed E-state index contributed by atoms with van der Waals surface area (Å²) in [5, 5.41) is 13.7. The second-order valence-corrected chi connectivity index (χ2v) is 15.3. The van der Waals surface area contributed by atoms with E-state index in [4.69, 9.17) is 26.5 Å². The maximum atomic E-state index is 13.9. The number of fused-ring (bicyclic) bond motifs is 8. The fourth-order valence-electron chi connectivity index (χ4n) is 6.94. The zero-order chi connectivity index (χ0) is 33.7. The van der Waals surface area contributed by atoms with Gasteiger partial charge in [0, 0.05) is 76.8 Å². The minimum Gasteiger partial charge on any atom is -0.493 e. The summed E-state index contributed by atoms with van der Waals surface area (Å²) >= 11 is 10.7. The second-order valence-electron chi connectivity index (χ2n) is 12.9. The predicted molar refractivity (Wildman–Crippen MR) is 200 cm³/mol. The van der Waals surface area contributed by atoms with Crippen LogP contribution in [0.5, 0.6) is 5.75 Å². The lowest BCUT2D eigenvalue weighted by Gasteiger charge is -2.13. The van der Waals surface area contributed by atoms with Gasteiger partial charge in [0.2, 0.25) is 0 Å². The fourth-order valence-corrected chi connectivity index (χ4v) is 9.15. The van der Waals surface area contributed by atoms with Crippen LogP contribution in [0, 0.1) is 12.8 Å². The van der Waals surface area contributed by atoms with Gasteiger partial charge in [-0.3, -0.25) is 14.2 Å². The van der Waals surface area contributed by atoms with Crippen LogP contribution in [0.3, 0.4) is 0 Å². The summed E-state index contributed by atoms with van der Waals surface area (Å²) in [6, 6.07) is 19.1. The Hall–Kier alpha value is -3.66. The topological polar surface area (TPSA) is 66.9 Å². The highest BCUT2D eigenvalue weighted by atomic mass is 35.5. The third-order valence-corrected chi connectivity index (χ3v) is 11.6. The number of aryl methyl sites for hydroxylation is 5. The third kappa shape index (κ3) is 5.94. The van der Waals surface area contributed by atoms with E-state index in [2.05, 4.69) is 53.1 Å². The molecule has 0 radical (unpaired) electrons. The van der Waals surface area contributed by atoms with Crippen LogP contribution in [-0.2, 0) is 44.8 Å². The maximum Gasteiger partial charge on any atom is 0.182 e. The lowest BCUT2D eigenvalue weighted by molar-refractivity contribution is 0.0930. The van der Waals surface area contributed by atoms with Crippen molar-refractivity contribution in [2.45, 2.75) is 55.8 Å². The molecule has 0 amide bonds. The van der Waals surface area contributed by atoms with Crippen molar-refractivity contribution in [3.8, 4) is 16.9 Å². The van der Waals surface area contributed by atoms with Crippen molar-refractivity contribution in [2.75, 3.05) is 6.61 Å². The molecule has 0 spiro atoms. The van der Waals surface area contributed by atoms with Crippen LogP contribution in [0.15, 0.2) is 59.5 Å². The van der Waals surface area contributed by atoms with Gasteiger partial charge in [0.1, 0.15) is 5.75 Å². The van der Waals surface area contributed by atoms with E-state index in [1.807, 2.05) is 69.1 Å². The number of halogens is 1. The standard InChI is InChI=1S/C38H40ClN5O2S2/c1-22(2)38(45)37-29-12-9-15-46-33-18-27(16-24-10-7-8-11-28(24)33)48-20-26-17-25(41-43(26)5)19-47-21-32-34(23(3)40-44(32)6)35-31(39)14-13-30(29)36(35)42(37)4/h7-8,10-11,13-14,16-18,22H,9,12,15,19-21H2,1-6H3. The number of ether oxygens (including phenoxy) is 1. The number of hydrogen-bond acceptors (Lipinski definition) is 6. The van der Waals surface area contributed by atoms with Gasteiger partial charge in [0.15, 0.2) is 5.78 Å². The number of aromatic nitrogens is 5. The molecule has 1 aliphatic rings. The van der Waals surface area contributed by atoms with Gasteiger partial charge < -0.3 is 9.30 Å². The number of Topliss-reactive ketones (excluding diaryl/α,β-unsaturated/α-hetero) is 1. The van der Waals surface area contributed by atoms with Gasteiger partial charge in [0.05, 0.1) is 39.9 Å². The Labute approximate surface area is 295 Å². The second kappa shape index (κ2) is 13.3. The minimum absolute atomic E-state index is 0.130. The quantitative estimate of drug-likeness (QED) is 0.168. The van der Waals surface area contributed by atoms with Gasteiger partial charge in [-0.1, -0.05) is 55.8 Å². The summed E-state index contributed by atoms with van der Waals surface area (Å²) in [6.45, 7) is 6.51. The van der Waals surface area contributed by atoms with Gasteiger partial charge >= 0.3 is 0 Å². The summed E-state index contributed by atoms with van der Waals surface area (Å²) < 4.78 is 12.6. The molecule has 6 aromatic rings. The molecule has 0 saturated heterocycles. The van der Waals surface area contributed by atoms with E-state index in [0.717, 1.165) is 95.5 Å². The molecule has 248 valence electrons. The van der Waals surface area contributed by atoms with Crippen LogP contribution in [-0.4, -0.2) is 36.5 Å². The molecule has 3 aromatic carbocycles. The fraction of sp³-hybridized carbons (Fsp3) is 0.342. The van der Waals surface area contributed by atoms with Gasteiger partial charge in [-0.15, -0.1) is 23.5 Å². The van der Waals surface area contributed by atoms with Crippen molar-refractivity contribution < 1.29 is 9.53 Å². The van der Waals surface area contributed by atoms with Crippen molar-refractivity contribution >= 4 is 62.6 Å².